The second-order valence-corrected chi connectivity index (χ2v) is 7.90. The van der Waals surface area contributed by atoms with Crippen LogP contribution in [0.25, 0.3) is 0 Å². The lowest BCUT2D eigenvalue weighted by molar-refractivity contribution is -0.384. The van der Waals surface area contributed by atoms with Gasteiger partial charge in [0.25, 0.3) is 5.69 Å². The third kappa shape index (κ3) is 3.14. The Morgan fingerprint density at radius 3 is 2.38 bits per heavy atom. The summed E-state index contributed by atoms with van der Waals surface area (Å²) in [6.45, 7) is 0.134. The summed E-state index contributed by atoms with van der Waals surface area (Å²) in [6.07, 6.45) is 0. The third-order valence-corrected chi connectivity index (χ3v) is 5.76. The molecule has 0 amide bonds. The van der Waals surface area contributed by atoms with Gasteiger partial charge < -0.3 is 10.0 Å². The van der Waals surface area contributed by atoms with Gasteiger partial charge in [0.05, 0.1) is 22.9 Å². The minimum Gasteiger partial charge on any atom is -0.381 e. The lowest BCUT2D eigenvalue weighted by atomic mass is 9.85. The Balaban J connectivity index is 1.89. The number of anilines is 1. The van der Waals surface area contributed by atoms with Crippen LogP contribution in [0.5, 0.6) is 0 Å². The van der Waals surface area contributed by atoms with Gasteiger partial charge >= 0.3 is 0 Å². The van der Waals surface area contributed by atoms with Gasteiger partial charge in [-0.25, -0.2) is 17.5 Å². The first-order valence-electron chi connectivity index (χ1n) is 7.62. The Labute approximate surface area is 149 Å². The molecule has 1 aliphatic rings. The van der Waals surface area contributed by atoms with Crippen LogP contribution in [0, 0.1) is 15.9 Å². The average Bonchev–Trinajstić information content (AvgIpc) is 2.59. The number of sulfonamides is 1. The summed E-state index contributed by atoms with van der Waals surface area (Å²) in [7, 11) is -2.60. The fourth-order valence-electron chi connectivity index (χ4n) is 2.90. The molecule has 2 N–H and O–H groups in total. The van der Waals surface area contributed by atoms with Gasteiger partial charge in [0.2, 0.25) is 10.0 Å². The van der Waals surface area contributed by atoms with Gasteiger partial charge in [-0.3, -0.25) is 10.1 Å². The smallest absolute Gasteiger partial charge is 0.293 e. The molecule has 0 aromatic heterocycles. The van der Waals surface area contributed by atoms with Crippen LogP contribution in [0.15, 0.2) is 47.4 Å². The van der Waals surface area contributed by atoms with E-state index < -0.39 is 26.4 Å². The van der Waals surface area contributed by atoms with E-state index in [0.717, 1.165) is 6.07 Å². The fraction of sp³-hybridized carbons (Fsp3) is 0.250. The van der Waals surface area contributed by atoms with Crippen LogP contribution in [-0.2, 0) is 15.6 Å². The number of halogens is 1. The number of β-amino-alcohol motifs (C(OH)–C–C–N with tert-alkyl or cyclic N) is 1. The van der Waals surface area contributed by atoms with Gasteiger partial charge in [-0.1, -0.05) is 12.1 Å². The number of benzene rings is 2. The molecule has 8 nitrogen and oxygen atoms in total. The number of nitrogens with one attached hydrogen (secondary N) is 1. The Kier molecular flexibility index (Phi) is 4.42. The van der Waals surface area contributed by atoms with E-state index in [9.17, 15) is 28.0 Å². The Morgan fingerprint density at radius 2 is 1.85 bits per heavy atom. The summed E-state index contributed by atoms with van der Waals surface area (Å²) in [5, 5.41) is 22.0. The average molecular weight is 381 g/mol. The van der Waals surface area contributed by atoms with Crippen molar-refractivity contribution in [2.45, 2.75) is 10.5 Å². The van der Waals surface area contributed by atoms with Crippen LogP contribution < -0.4 is 9.62 Å². The quantitative estimate of drug-likeness (QED) is 0.597. The molecular weight excluding hydrogens is 365 g/mol. The Hall–Kier alpha value is -2.56. The van der Waals surface area contributed by atoms with E-state index in [-0.39, 0.29) is 29.4 Å². The van der Waals surface area contributed by atoms with Crippen molar-refractivity contribution in [1.82, 2.24) is 4.72 Å². The molecule has 0 bridgehead atoms. The predicted octanol–water partition coefficient (Wildman–Crippen LogP) is 1.35. The molecule has 3 rings (SSSR count). The maximum atomic E-state index is 13.0. The summed E-state index contributed by atoms with van der Waals surface area (Å²) in [4.78, 5) is 12.0. The molecule has 26 heavy (non-hydrogen) atoms. The molecule has 2 aromatic carbocycles. The highest BCUT2D eigenvalue weighted by Crippen LogP contribution is 2.40. The molecule has 0 atom stereocenters. The van der Waals surface area contributed by atoms with E-state index >= 15 is 0 Å². The van der Waals surface area contributed by atoms with Crippen molar-refractivity contribution in [2.24, 2.45) is 0 Å². The summed E-state index contributed by atoms with van der Waals surface area (Å²) in [6, 6.07) is 8.98. The van der Waals surface area contributed by atoms with Crippen LogP contribution >= 0.6 is 0 Å². The minimum atomic E-state index is -3.81. The molecule has 10 heteroatoms. The van der Waals surface area contributed by atoms with E-state index in [1.165, 1.54) is 43.4 Å². The molecule has 1 aliphatic heterocycles. The van der Waals surface area contributed by atoms with Gasteiger partial charge in [0, 0.05) is 6.07 Å². The molecule has 0 aliphatic carbocycles. The van der Waals surface area contributed by atoms with Crippen LogP contribution in [0.4, 0.5) is 15.8 Å². The minimum absolute atomic E-state index is 0.0671. The molecule has 0 spiro atoms. The summed E-state index contributed by atoms with van der Waals surface area (Å²) >= 11 is 0. The second-order valence-electron chi connectivity index (χ2n) is 6.01. The van der Waals surface area contributed by atoms with Gasteiger partial charge in [0.15, 0.2) is 0 Å². The van der Waals surface area contributed by atoms with Crippen molar-refractivity contribution in [3.63, 3.8) is 0 Å². The normalized spacial score (nSPS) is 16.2. The molecular formula is C16H16FN3O5S. The van der Waals surface area contributed by atoms with Gasteiger partial charge in [-0.05, 0) is 36.9 Å². The summed E-state index contributed by atoms with van der Waals surface area (Å²) in [5.74, 6) is -0.425. The lowest BCUT2D eigenvalue weighted by Gasteiger charge is -2.47. The van der Waals surface area contributed by atoms with Crippen molar-refractivity contribution in [1.29, 1.82) is 0 Å². The number of aliphatic hydroxyl groups is 1. The van der Waals surface area contributed by atoms with Crippen LogP contribution in [-0.4, -0.2) is 38.6 Å². The molecule has 1 fully saturated rings. The van der Waals surface area contributed by atoms with Crippen LogP contribution in [0.1, 0.15) is 5.56 Å². The first kappa shape index (κ1) is 18.2. The van der Waals surface area contributed by atoms with Gasteiger partial charge in [0.1, 0.15) is 17.1 Å². The van der Waals surface area contributed by atoms with Crippen molar-refractivity contribution in [3.8, 4) is 0 Å². The molecule has 1 saturated heterocycles. The first-order chi connectivity index (χ1) is 12.2. The lowest BCUT2D eigenvalue weighted by Crippen LogP contribution is -2.59. The Bertz CT molecular complexity index is 956. The van der Waals surface area contributed by atoms with E-state index in [2.05, 4.69) is 4.72 Å². The van der Waals surface area contributed by atoms with Crippen molar-refractivity contribution in [2.75, 3.05) is 25.0 Å². The number of nitro groups is 1. The molecule has 138 valence electrons. The number of hydrogen-bond donors (Lipinski definition) is 2. The molecule has 0 radical (unpaired) electrons. The monoisotopic (exact) mass is 381 g/mol. The predicted molar refractivity (Wildman–Crippen MR) is 91.9 cm³/mol. The number of hydrogen-bond acceptors (Lipinski definition) is 6. The topological polar surface area (TPSA) is 113 Å². The summed E-state index contributed by atoms with van der Waals surface area (Å²) < 4.78 is 38.8. The first-order valence-corrected chi connectivity index (χ1v) is 9.10. The number of nitrogens with zero attached hydrogens (tertiary/aromatic N) is 2. The third-order valence-electron chi connectivity index (χ3n) is 4.35. The summed E-state index contributed by atoms with van der Waals surface area (Å²) in [5.41, 5.74) is -0.913. The highest BCUT2D eigenvalue weighted by molar-refractivity contribution is 7.89. The van der Waals surface area contributed by atoms with E-state index in [4.69, 9.17) is 0 Å². The SMILES string of the molecule is CNS(=O)(=O)c1ccc(N2CC(O)(c3ccc(F)cc3)C2)c([N+](=O)[O-])c1. The van der Waals surface area contributed by atoms with Gasteiger partial charge in [-0.15, -0.1) is 0 Å². The standard InChI is InChI=1S/C16H16FN3O5S/c1-18-26(24,25)13-6-7-14(15(8-13)20(22)23)19-9-16(21,10-19)11-2-4-12(17)5-3-11/h2-8,18,21H,9-10H2,1H3. The zero-order valence-electron chi connectivity index (χ0n) is 13.7. The molecule has 1 heterocycles. The van der Waals surface area contributed by atoms with E-state index in [0.29, 0.717) is 5.56 Å². The van der Waals surface area contributed by atoms with Crippen LogP contribution in [0.2, 0.25) is 0 Å². The zero-order chi connectivity index (χ0) is 19.1. The van der Waals surface area contributed by atoms with Crippen molar-refractivity contribution in [3.05, 3.63) is 64.0 Å². The van der Waals surface area contributed by atoms with E-state index in [1.807, 2.05) is 0 Å². The van der Waals surface area contributed by atoms with E-state index in [1.54, 1.807) is 4.90 Å². The fourth-order valence-corrected chi connectivity index (χ4v) is 3.65. The highest BCUT2D eigenvalue weighted by Gasteiger charge is 2.44. The van der Waals surface area contributed by atoms with Crippen LogP contribution in [0.3, 0.4) is 0 Å². The maximum Gasteiger partial charge on any atom is 0.293 e. The number of nitro benzene ring substituents is 1. The zero-order valence-corrected chi connectivity index (χ0v) is 14.5. The Morgan fingerprint density at radius 1 is 1.23 bits per heavy atom. The second kappa shape index (κ2) is 6.31. The number of rotatable bonds is 5. The van der Waals surface area contributed by atoms with Crippen molar-refractivity contribution < 1.29 is 22.8 Å². The highest BCUT2D eigenvalue weighted by atomic mass is 32.2. The largest absolute Gasteiger partial charge is 0.381 e. The van der Waals surface area contributed by atoms with Gasteiger partial charge in [-0.2, -0.15) is 0 Å². The maximum absolute atomic E-state index is 13.0. The molecule has 0 unspecified atom stereocenters. The molecule has 2 aromatic rings. The molecule has 0 saturated carbocycles. The van der Waals surface area contributed by atoms with Crippen molar-refractivity contribution >= 4 is 21.4 Å².